The zero-order valence-corrected chi connectivity index (χ0v) is 18.1. The highest BCUT2D eigenvalue weighted by Crippen LogP contribution is 2.77. The van der Waals surface area contributed by atoms with Crippen molar-refractivity contribution in [2.24, 2.45) is 40.4 Å². The summed E-state index contributed by atoms with van der Waals surface area (Å²) < 4.78 is 0. The Kier molecular flexibility index (Phi) is 3.20. The summed E-state index contributed by atoms with van der Waals surface area (Å²) in [6, 6.07) is 7.58. The molecule has 1 aromatic rings. The van der Waals surface area contributed by atoms with Gasteiger partial charge in [0, 0.05) is 0 Å². The fraction of sp³-hybridized carbons (Fsp3) is 0.786. The molecule has 9 rings (SSSR count). The molecule has 0 saturated heterocycles. The quantitative estimate of drug-likeness (QED) is 0.507. The molecule has 0 N–H and O–H groups in total. The molecule has 0 nitrogen and oxygen atoms in total. The lowest BCUT2D eigenvalue weighted by Crippen LogP contribution is -2.63. The van der Waals surface area contributed by atoms with Gasteiger partial charge in [0.1, 0.15) is 0 Å². The van der Waals surface area contributed by atoms with Crippen LogP contribution in [0.25, 0.3) is 0 Å². The fourth-order valence-electron chi connectivity index (χ4n) is 11.1. The minimum Gasteiger partial charge on any atom is -0.0588 e. The normalized spacial score (nSPS) is 53.1. The van der Waals surface area contributed by atoms with E-state index in [0.717, 1.165) is 35.0 Å². The second-order valence-electron chi connectivity index (χ2n) is 13.0. The number of hydrogen-bond donors (Lipinski definition) is 0. The number of benzene rings is 1. The molecule has 0 aromatic heterocycles. The molecule has 0 spiro atoms. The highest BCUT2D eigenvalue weighted by Gasteiger charge is 2.67. The van der Waals surface area contributed by atoms with E-state index in [1.54, 1.807) is 69.8 Å². The van der Waals surface area contributed by atoms with Crippen molar-refractivity contribution in [3.8, 4) is 0 Å². The van der Waals surface area contributed by atoms with Crippen molar-refractivity contribution in [2.45, 2.75) is 96.3 Å². The monoisotopic (exact) mass is 374 g/mol. The topological polar surface area (TPSA) is 0 Å². The molecule has 150 valence electrons. The maximum Gasteiger partial charge on any atom is -0.00361 e. The van der Waals surface area contributed by atoms with Crippen LogP contribution in [-0.4, -0.2) is 0 Å². The molecular weight excluding hydrogens is 336 g/mol. The predicted molar refractivity (Wildman–Crippen MR) is 115 cm³/mol. The Labute approximate surface area is 171 Å². The van der Waals surface area contributed by atoms with E-state index >= 15 is 0 Å². The lowest BCUT2D eigenvalue weighted by atomic mass is 9.32. The SMILES string of the molecule is Cc1ccc(C23CC4CC(C2)CC(C25CC6CC(CC(C6)C2)C5)(C4)C3)cc1C. The first-order chi connectivity index (χ1) is 13.5. The fourth-order valence-corrected chi connectivity index (χ4v) is 11.1. The molecule has 8 aliphatic rings. The first-order valence-electron chi connectivity index (χ1n) is 12.5. The maximum absolute atomic E-state index is 2.61. The lowest BCUT2D eigenvalue weighted by Gasteiger charge is -2.72. The molecule has 0 amide bonds. The van der Waals surface area contributed by atoms with Crippen molar-refractivity contribution < 1.29 is 0 Å². The van der Waals surface area contributed by atoms with Crippen LogP contribution in [-0.2, 0) is 5.41 Å². The standard InChI is InChI=1S/C28H38/c1-18-3-4-25(5-19(18)2)26-10-23-9-24(11-26)16-28(15-23,17-26)27-12-20-6-21(13-27)8-22(7-20)14-27/h3-5,20-24H,6-17H2,1-2H3. The first-order valence-corrected chi connectivity index (χ1v) is 12.5. The summed E-state index contributed by atoms with van der Waals surface area (Å²) in [5, 5.41) is 0. The lowest BCUT2D eigenvalue weighted by molar-refractivity contribution is -0.205. The Morgan fingerprint density at radius 3 is 1.71 bits per heavy atom. The van der Waals surface area contributed by atoms with Crippen LogP contribution in [0, 0.1) is 54.3 Å². The van der Waals surface area contributed by atoms with Gasteiger partial charge < -0.3 is 0 Å². The smallest absolute Gasteiger partial charge is 0.00361 e. The third-order valence-corrected chi connectivity index (χ3v) is 11.3. The summed E-state index contributed by atoms with van der Waals surface area (Å²) in [4.78, 5) is 0. The van der Waals surface area contributed by atoms with Crippen LogP contribution in [0.2, 0.25) is 0 Å². The molecule has 1 aromatic carbocycles. The Morgan fingerprint density at radius 1 is 0.607 bits per heavy atom. The van der Waals surface area contributed by atoms with Crippen molar-refractivity contribution in [1.82, 2.24) is 0 Å². The highest BCUT2D eigenvalue weighted by molar-refractivity contribution is 5.38. The minimum atomic E-state index is 0.534. The van der Waals surface area contributed by atoms with E-state index in [4.69, 9.17) is 0 Å². The summed E-state index contributed by atoms with van der Waals surface area (Å²) >= 11 is 0. The van der Waals surface area contributed by atoms with E-state index in [2.05, 4.69) is 32.0 Å². The van der Waals surface area contributed by atoms with Crippen molar-refractivity contribution in [1.29, 1.82) is 0 Å². The van der Waals surface area contributed by atoms with Crippen LogP contribution in [0.15, 0.2) is 18.2 Å². The Hall–Kier alpha value is -0.780. The molecule has 8 fully saturated rings. The van der Waals surface area contributed by atoms with Crippen molar-refractivity contribution in [2.75, 3.05) is 0 Å². The van der Waals surface area contributed by atoms with Gasteiger partial charge >= 0.3 is 0 Å². The van der Waals surface area contributed by atoms with E-state index in [1.807, 2.05) is 0 Å². The predicted octanol–water partition coefficient (Wildman–Crippen LogP) is 7.36. The maximum atomic E-state index is 2.61. The van der Waals surface area contributed by atoms with E-state index in [0.29, 0.717) is 10.8 Å². The summed E-state index contributed by atoms with van der Waals surface area (Å²) in [6.07, 6.45) is 19.1. The Balaban J connectivity index is 1.33. The van der Waals surface area contributed by atoms with Gasteiger partial charge in [-0.1, -0.05) is 18.2 Å². The van der Waals surface area contributed by atoms with Gasteiger partial charge in [0.25, 0.3) is 0 Å². The van der Waals surface area contributed by atoms with Gasteiger partial charge in [0.15, 0.2) is 0 Å². The van der Waals surface area contributed by atoms with E-state index in [1.165, 1.54) is 24.0 Å². The first kappa shape index (κ1) is 17.0. The average molecular weight is 375 g/mol. The molecule has 0 heteroatoms. The Morgan fingerprint density at radius 2 is 1.14 bits per heavy atom. The molecule has 2 unspecified atom stereocenters. The summed E-state index contributed by atoms with van der Waals surface area (Å²) in [5.41, 5.74) is 6.74. The van der Waals surface area contributed by atoms with E-state index in [-0.39, 0.29) is 0 Å². The largest absolute Gasteiger partial charge is 0.0588 e. The molecule has 8 aliphatic carbocycles. The summed E-state index contributed by atoms with van der Waals surface area (Å²) in [6.45, 7) is 4.63. The minimum absolute atomic E-state index is 0.534. The van der Waals surface area contributed by atoms with Gasteiger partial charge in [-0.15, -0.1) is 0 Å². The molecular formula is C28H38. The highest BCUT2D eigenvalue weighted by atomic mass is 14.7. The Bertz CT molecular complexity index is 779. The second kappa shape index (κ2) is 5.28. The number of rotatable bonds is 2. The van der Waals surface area contributed by atoms with Crippen molar-refractivity contribution >= 4 is 0 Å². The zero-order chi connectivity index (χ0) is 18.7. The third-order valence-electron chi connectivity index (χ3n) is 11.3. The molecule has 0 radical (unpaired) electrons. The van der Waals surface area contributed by atoms with Gasteiger partial charge in [0.05, 0.1) is 0 Å². The van der Waals surface area contributed by atoms with E-state index in [9.17, 15) is 0 Å². The van der Waals surface area contributed by atoms with Gasteiger partial charge in [0.2, 0.25) is 0 Å². The second-order valence-corrected chi connectivity index (χ2v) is 13.0. The van der Waals surface area contributed by atoms with Gasteiger partial charge in [-0.2, -0.15) is 0 Å². The number of hydrogen-bond acceptors (Lipinski definition) is 0. The molecule has 28 heavy (non-hydrogen) atoms. The third kappa shape index (κ3) is 2.09. The van der Waals surface area contributed by atoms with Crippen LogP contribution >= 0.6 is 0 Å². The average Bonchev–Trinajstić information content (AvgIpc) is 2.62. The molecule has 8 saturated carbocycles. The molecule has 8 bridgehead atoms. The van der Waals surface area contributed by atoms with Crippen LogP contribution in [0.5, 0.6) is 0 Å². The molecule has 0 heterocycles. The van der Waals surface area contributed by atoms with E-state index < -0.39 is 0 Å². The van der Waals surface area contributed by atoms with Crippen LogP contribution < -0.4 is 0 Å². The summed E-state index contributed by atoms with van der Waals surface area (Å²) in [5.74, 6) is 5.40. The zero-order valence-electron chi connectivity index (χ0n) is 18.1. The molecule has 2 atom stereocenters. The summed E-state index contributed by atoms with van der Waals surface area (Å²) in [7, 11) is 0. The van der Waals surface area contributed by atoms with Gasteiger partial charge in [-0.05, 0) is 153 Å². The van der Waals surface area contributed by atoms with Crippen LogP contribution in [0.3, 0.4) is 0 Å². The molecule has 0 aliphatic heterocycles. The number of aryl methyl sites for hydroxylation is 2. The van der Waals surface area contributed by atoms with Crippen molar-refractivity contribution in [3.05, 3.63) is 34.9 Å². The van der Waals surface area contributed by atoms with Crippen LogP contribution in [0.1, 0.15) is 93.7 Å². The van der Waals surface area contributed by atoms with Gasteiger partial charge in [-0.3, -0.25) is 0 Å². The van der Waals surface area contributed by atoms with Crippen molar-refractivity contribution in [3.63, 3.8) is 0 Å². The van der Waals surface area contributed by atoms with Crippen LogP contribution in [0.4, 0.5) is 0 Å². The van der Waals surface area contributed by atoms with Gasteiger partial charge in [-0.25, -0.2) is 0 Å².